The molecule has 0 radical (unpaired) electrons. The van der Waals surface area contributed by atoms with Gasteiger partial charge in [-0.2, -0.15) is 0 Å². The number of carbonyl (C=O) groups excluding carboxylic acids is 1. The lowest BCUT2D eigenvalue weighted by Crippen LogP contribution is -2.23. The highest BCUT2D eigenvalue weighted by molar-refractivity contribution is 6.30. The first-order chi connectivity index (χ1) is 15.1. The molecule has 0 aromatic heterocycles. The van der Waals surface area contributed by atoms with Crippen molar-refractivity contribution in [2.75, 3.05) is 12.4 Å². The van der Waals surface area contributed by atoms with Crippen molar-refractivity contribution in [2.24, 2.45) is 5.92 Å². The summed E-state index contributed by atoms with van der Waals surface area (Å²) >= 11 is 6.03. The fourth-order valence-electron chi connectivity index (χ4n) is 4.47. The first-order valence-electron chi connectivity index (χ1n) is 10.9. The van der Waals surface area contributed by atoms with Crippen LogP contribution in [0.25, 0.3) is 11.1 Å². The molecule has 0 amide bonds. The fraction of sp³-hybridized carbons (Fsp3) is 0.296. The van der Waals surface area contributed by atoms with Crippen molar-refractivity contribution in [3.8, 4) is 11.1 Å². The van der Waals surface area contributed by atoms with Crippen molar-refractivity contribution >= 4 is 23.3 Å². The van der Waals surface area contributed by atoms with Gasteiger partial charge in [-0.15, -0.1) is 0 Å². The molecule has 3 aromatic carbocycles. The van der Waals surface area contributed by atoms with Crippen molar-refractivity contribution in [3.05, 3.63) is 88.9 Å². The highest BCUT2D eigenvalue weighted by Gasteiger charge is 2.25. The topological polar surface area (TPSA) is 38.3 Å². The summed E-state index contributed by atoms with van der Waals surface area (Å²) in [6, 6.07) is 24.6. The Morgan fingerprint density at radius 2 is 1.45 bits per heavy atom. The smallest absolute Gasteiger partial charge is 0.337 e. The van der Waals surface area contributed by atoms with E-state index >= 15 is 0 Å². The van der Waals surface area contributed by atoms with Crippen molar-refractivity contribution in [2.45, 2.75) is 38.1 Å². The molecule has 3 aromatic rings. The largest absolute Gasteiger partial charge is 0.465 e. The maximum Gasteiger partial charge on any atom is 0.337 e. The Kier molecular flexibility index (Phi) is 6.93. The summed E-state index contributed by atoms with van der Waals surface area (Å²) in [5.41, 5.74) is 5.23. The van der Waals surface area contributed by atoms with Crippen LogP contribution in [0, 0.1) is 5.92 Å². The molecule has 4 heteroatoms. The molecule has 1 fully saturated rings. The number of carbonyl (C=O) groups is 1. The van der Waals surface area contributed by atoms with Crippen molar-refractivity contribution in [1.29, 1.82) is 0 Å². The molecule has 1 atom stereocenters. The molecule has 0 aliphatic heterocycles. The molecular weight excluding hydrogens is 406 g/mol. The summed E-state index contributed by atoms with van der Waals surface area (Å²) in [5.74, 6) is 0.281. The minimum absolute atomic E-state index is 0.239. The van der Waals surface area contributed by atoms with Gasteiger partial charge in [-0.3, -0.25) is 0 Å². The maximum absolute atomic E-state index is 11.7. The van der Waals surface area contributed by atoms with Crippen molar-refractivity contribution < 1.29 is 9.53 Å². The summed E-state index contributed by atoms with van der Waals surface area (Å²) in [6.07, 6.45) is 6.36. The standard InChI is InChI=1S/C27H28ClNO2/c1-31-27(30)23-13-17-25(18-14-23)29-26(21-5-3-2-4-6-21)22-9-7-19(8-10-22)20-11-15-24(28)16-12-20/h7-18,21,26,29H,2-6H2,1H3. The van der Waals surface area contributed by atoms with Crippen LogP contribution in [0.2, 0.25) is 5.02 Å². The molecule has 1 saturated carbocycles. The van der Waals surface area contributed by atoms with Crippen LogP contribution in [0.1, 0.15) is 54.1 Å². The van der Waals surface area contributed by atoms with Gasteiger partial charge >= 0.3 is 5.97 Å². The van der Waals surface area contributed by atoms with E-state index in [0.717, 1.165) is 16.3 Å². The highest BCUT2D eigenvalue weighted by atomic mass is 35.5. The average Bonchev–Trinajstić information content (AvgIpc) is 2.84. The lowest BCUT2D eigenvalue weighted by molar-refractivity contribution is 0.0601. The second kappa shape index (κ2) is 10.0. The van der Waals surface area contributed by atoms with Gasteiger partial charge < -0.3 is 10.1 Å². The summed E-state index contributed by atoms with van der Waals surface area (Å²) in [6.45, 7) is 0. The van der Waals surface area contributed by atoms with Gasteiger partial charge in [0.1, 0.15) is 0 Å². The second-order valence-electron chi connectivity index (χ2n) is 8.22. The molecule has 1 N–H and O–H groups in total. The predicted octanol–water partition coefficient (Wildman–Crippen LogP) is 7.53. The number of hydrogen-bond donors (Lipinski definition) is 1. The van der Waals surface area contributed by atoms with Gasteiger partial charge in [-0.1, -0.05) is 67.3 Å². The minimum atomic E-state index is -0.312. The van der Waals surface area contributed by atoms with Crippen molar-refractivity contribution in [1.82, 2.24) is 0 Å². The molecule has 0 spiro atoms. The lowest BCUT2D eigenvalue weighted by atomic mass is 9.80. The van der Waals surface area contributed by atoms with Gasteiger partial charge in [-0.05, 0) is 71.8 Å². The van der Waals surface area contributed by atoms with E-state index < -0.39 is 0 Å². The van der Waals surface area contributed by atoms with Crippen LogP contribution in [0.4, 0.5) is 5.69 Å². The zero-order valence-corrected chi connectivity index (χ0v) is 18.6. The van der Waals surface area contributed by atoms with E-state index in [4.69, 9.17) is 16.3 Å². The first-order valence-corrected chi connectivity index (χ1v) is 11.3. The van der Waals surface area contributed by atoms with E-state index in [1.165, 1.54) is 50.3 Å². The molecule has 160 valence electrons. The van der Waals surface area contributed by atoms with E-state index in [2.05, 4.69) is 41.7 Å². The SMILES string of the molecule is COC(=O)c1ccc(NC(c2ccc(-c3ccc(Cl)cc3)cc2)C2CCCCC2)cc1. The van der Waals surface area contributed by atoms with Crippen molar-refractivity contribution in [3.63, 3.8) is 0 Å². The monoisotopic (exact) mass is 433 g/mol. The molecule has 4 rings (SSSR count). The van der Waals surface area contributed by atoms with Gasteiger partial charge in [0, 0.05) is 10.7 Å². The molecule has 0 bridgehead atoms. The van der Waals surface area contributed by atoms with Crippen LogP contribution in [0.3, 0.4) is 0 Å². The van der Waals surface area contributed by atoms with E-state index in [1.54, 1.807) is 0 Å². The van der Waals surface area contributed by atoms with Crippen LogP contribution in [0.15, 0.2) is 72.8 Å². The number of ether oxygens (including phenoxy) is 1. The number of hydrogen-bond acceptors (Lipinski definition) is 3. The summed E-state index contributed by atoms with van der Waals surface area (Å²) < 4.78 is 4.81. The van der Waals surface area contributed by atoms with Gasteiger partial charge in [0.2, 0.25) is 0 Å². The molecule has 1 unspecified atom stereocenters. The van der Waals surface area contributed by atoms with E-state index in [-0.39, 0.29) is 12.0 Å². The number of benzene rings is 3. The van der Waals surface area contributed by atoms with Gasteiger partial charge in [-0.25, -0.2) is 4.79 Å². The Labute approximate surface area is 189 Å². The average molecular weight is 434 g/mol. The van der Waals surface area contributed by atoms with E-state index in [1.807, 2.05) is 36.4 Å². The van der Waals surface area contributed by atoms with Crippen LogP contribution in [0.5, 0.6) is 0 Å². The Hall–Kier alpha value is -2.78. The van der Waals surface area contributed by atoms with E-state index in [9.17, 15) is 4.79 Å². The van der Waals surface area contributed by atoms with Crippen LogP contribution < -0.4 is 5.32 Å². The quantitative estimate of drug-likeness (QED) is 0.408. The number of methoxy groups -OCH3 is 1. The maximum atomic E-state index is 11.7. The molecule has 0 saturated heterocycles. The number of anilines is 1. The first kappa shape index (κ1) is 21.5. The number of esters is 1. The zero-order valence-electron chi connectivity index (χ0n) is 17.8. The molecule has 3 nitrogen and oxygen atoms in total. The minimum Gasteiger partial charge on any atom is -0.465 e. The molecule has 1 aliphatic carbocycles. The third-order valence-corrected chi connectivity index (χ3v) is 6.45. The van der Waals surface area contributed by atoms with E-state index in [0.29, 0.717) is 11.5 Å². The molecule has 31 heavy (non-hydrogen) atoms. The summed E-state index contributed by atoms with van der Waals surface area (Å²) in [7, 11) is 1.40. The Bertz CT molecular complexity index is 991. The third kappa shape index (κ3) is 5.29. The van der Waals surface area contributed by atoms with Gasteiger partial charge in [0.25, 0.3) is 0 Å². The number of rotatable bonds is 6. The normalized spacial score (nSPS) is 15.3. The second-order valence-corrected chi connectivity index (χ2v) is 8.65. The molecule has 1 aliphatic rings. The van der Waals surface area contributed by atoms with Gasteiger partial charge in [0.15, 0.2) is 0 Å². The Balaban J connectivity index is 1.57. The zero-order chi connectivity index (χ0) is 21.6. The highest BCUT2D eigenvalue weighted by Crippen LogP contribution is 2.37. The summed E-state index contributed by atoms with van der Waals surface area (Å²) in [5, 5.41) is 4.50. The van der Waals surface area contributed by atoms with Gasteiger partial charge in [0.05, 0.1) is 18.7 Å². The Morgan fingerprint density at radius 1 is 0.871 bits per heavy atom. The third-order valence-electron chi connectivity index (χ3n) is 6.20. The summed E-state index contributed by atoms with van der Waals surface area (Å²) in [4.78, 5) is 11.7. The van der Waals surface area contributed by atoms with Crippen LogP contribution >= 0.6 is 11.6 Å². The molecular formula is C27H28ClNO2. The van der Waals surface area contributed by atoms with Crippen LogP contribution in [-0.4, -0.2) is 13.1 Å². The number of halogens is 1. The number of nitrogens with one attached hydrogen (secondary N) is 1. The lowest BCUT2D eigenvalue weighted by Gasteiger charge is -2.32. The van der Waals surface area contributed by atoms with Crippen LogP contribution in [-0.2, 0) is 4.74 Å². The fourth-order valence-corrected chi connectivity index (χ4v) is 4.59. The Morgan fingerprint density at radius 3 is 2.03 bits per heavy atom. The predicted molar refractivity (Wildman–Crippen MR) is 128 cm³/mol. The molecule has 0 heterocycles.